The van der Waals surface area contributed by atoms with Crippen molar-refractivity contribution in [3.8, 4) is 5.75 Å². The number of quaternary nitrogens is 2. The average molecular weight is 313 g/mol. The van der Waals surface area contributed by atoms with Gasteiger partial charge >= 0.3 is 0 Å². The van der Waals surface area contributed by atoms with Crippen LogP contribution in [0.3, 0.4) is 0 Å². The number of ether oxygens (including phenoxy) is 1. The van der Waals surface area contributed by atoms with E-state index in [-0.39, 0.29) is 0 Å². The molecule has 1 saturated heterocycles. The minimum absolute atomic E-state index is 0.728. The van der Waals surface area contributed by atoms with Gasteiger partial charge in [-0.2, -0.15) is 0 Å². The van der Waals surface area contributed by atoms with Gasteiger partial charge in [-0.15, -0.1) is 0 Å². The lowest BCUT2D eigenvalue weighted by Gasteiger charge is -2.27. The minimum Gasteiger partial charge on any atom is -0.492 e. The average Bonchev–Trinajstić information content (AvgIpc) is 2.48. The molecule has 1 aromatic carbocycles. The van der Waals surface area contributed by atoms with Crippen LogP contribution in [-0.4, -0.2) is 46.4 Å². The third kappa shape index (κ3) is 4.87. The van der Waals surface area contributed by atoms with E-state index in [0.29, 0.717) is 0 Å². The Balaban J connectivity index is 1.67. The third-order valence-electron chi connectivity index (χ3n) is 4.61. The van der Waals surface area contributed by atoms with Crippen LogP contribution in [-0.2, 0) is 0 Å². The summed E-state index contributed by atoms with van der Waals surface area (Å²) in [7, 11) is 2.29. The van der Waals surface area contributed by atoms with Crippen LogP contribution >= 0.6 is 11.6 Å². The highest BCUT2D eigenvalue weighted by Gasteiger charge is 2.18. The van der Waals surface area contributed by atoms with Crippen molar-refractivity contribution >= 4 is 11.6 Å². The Bertz CT molecular complexity index is 456. The molecular formula is C17H29ClN2O+2. The minimum atomic E-state index is 0.728. The highest BCUT2D eigenvalue weighted by Crippen LogP contribution is 2.30. The van der Waals surface area contributed by atoms with Crippen LogP contribution in [0.15, 0.2) is 12.1 Å². The van der Waals surface area contributed by atoms with E-state index in [1.54, 1.807) is 9.80 Å². The fourth-order valence-corrected chi connectivity index (χ4v) is 3.13. The van der Waals surface area contributed by atoms with Gasteiger partial charge in [0.05, 0.1) is 25.2 Å². The second kappa shape index (κ2) is 8.02. The van der Waals surface area contributed by atoms with E-state index in [1.165, 1.54) is 44.7 Å². The van der Waals surface area contributed by atoms with Crippen molar-refractivity contribution in [1.29, 1.82) is 0 Å². The second-order valence-corrected chi connectivity index (χ2v) is 6.74. The topological polar surface area (TPSA) is 18.1 Å². The van der Waals surface area contributed by atoms with E-state index in [1.807, 2.05) is 12.1 Å². The van der Waals surface area contributed by atoms with Crippen molar-refractivity contribution in [3.05, 3.63) is 28.3 Å². The van der Waals surface area contributed by atoms with Crippen molar-refractivity contribution in [1.82, 2.24) is 0 Å². The lowest BCUT2D eigenvalue weighted by Crippen LogP contribution is -3.27. The Kier molecular flexibility index (Phi) is 6.34. The van der Waals surface area contributed by atoms with Crippen LogP contribution in [0.4, 0.5) is 0 Å². The SMILES string of the molecule is Cc1ccc(Cl)c(OCCCC[NH+]2CC[NH+](C)CC2)c1C. The molecule has 0 spiro atoms. The molecule has 3 nitrogen and oxygen atoms in total. The lowest BCUT2D eigenvalue weighted by atomic mass is 10.1. The highest BCUT2D eigenvalue weighted by molar-refractivity contribution is 6.32. The quantitative estimate of drug-likeness (QED) is 0.733. The number of likely N-dealkylation sites (N-methyl/N-ethyl adjacent to an activating group) is 1. The molecule has 1 aromatic rings. The second-order valence-electron chi connectivity index (χ2n) is 6.33. The van der Waals surface area contributed by atoms with Gasteiger partial charge in [-0.3, -0.25) is 0 Å². The van der Waals surface area contributed by atoms with Crippen LogP contribution in [0.5, 0.6) is 5.75 Å². The molecule has 0 aliphatic carbocycles. The number of benzene rings is 1. The third-order valence-corrected chi connectivity index (χ3v) is 4.91. The monoisotopic (exact) mass is 312 g/mol. The molecule has 0 unspecified atom stereocenters. The molecule has 118 valence electrons. The molecule has 1 aliphatic heterocycles. The molecule has 0 radical (unpaired) electrons. The summed E-state index contributed by atoms with van der Waals surface area (Å²) in [6.07, 6.45) is 2.34. The van der Waals surface area contributed by atoms with Crippen LogP contribution in [0.25, 0.3) is 0 Å². The molecule has 0 amide bonds. The van der Waals surface area contributed by atoms with Gasteiger partial charge in [0.15, 0.2) is 0 Å². The van der Waals surface area contributed by atoms with Gasteiger partial charge in [0.25, 0.3) is 0 Å². The molecule has 0 aromatic heterocycles. The fourth-order valence-electron chi connectivity index (χ4n) is 2.87. The number of unbranched alkanes of at least 4 members (excludes halogenated alkanes) is 1. The van der Waals surface area contributed by atoms with Crippen molar-refractivity contribution in [2.24, 2.45) is 0 Å². The Morgan fingerprint density at radius 3 is 2.52 bits per heavy atom. The fraction of sp³-hybridized carbons (Fsp3) is 0.647. The van der Waals surface area contributed by atoms with Gasteiger partial charge in [-0.1, -0.05) is 17.7 Å². The molecule has 0 atom stereocenters. The zero-order valence-corrected chi connectivity index (χ0v) is 14.4. The van der Waals surface area contributed by atoms with Crippen molar-refractivity contribution in [2.75, 3.05) is 46.4 Å². The molecule has 21 heavy (non-hydrogen) atoms. The van der Waals surface area contributed by atoms with E-state index in [4.69, 9.17) is 16.3 Å². The zero-order valence-electron chi connectivity index (χ0n) is 13.6. The molecule has 1 fully saturated rings. The highest BCUT2D eigenvalue weighted by atomic mass is 35.5. The van der Waals surface area contributed by atoms with Gasteiger partial charge in [-0.05, 0) is 43.9 Å². The van der Waals surface area contributed by atoms with Crippen molar-refractivity contribution in [3.63, 3.8) is 0 Å². The predicted octanol–water partition coefficient (Wildman–Crippen LogP) is 0.529. The summed E-state index contributed by atoms with van der Waals surface area (Å²) in [4.78, 5) is 3.43. The standard InChI is InChI=1S/C17H27ClN2O/c1-14-6-7-16(18)17(15(14)2)21-13-5-4-8-20-11-9-19(3)10-12-20/h6-7H,4-5,8-13H2,1-3H3/p+2. The first-order valence-electron chi connectivity index (χ1n) is 8.11. The molecule has 0 saturated carbocycles. The van der Waals surface area contributed by atoms with Gasteiger partial charge in [-0.25, -0.2) is 0 Å². The van der Waals surface area contributed by atoms with Gasteiger partial charge in [0.1, 0.15) is 31.9 Å². The summed E-state index contributed by atoms with van der Waals surface area (Å²) in [5.74, 6) is 0.868. The predicted molar refractivity (Wildman–Crippen MR) is 87.8 cm³/mol. The first-order chi connectivity index (χ1) is 10.1. The van der Waals surface area contributed by atoms with E-state index < -0.39 is 0 Å². The number of nitrogens with one attached hydrogen (secondary N) is 2. The van der Waals surface area contributed by atoms with Crippen molar-refractivity contribution in [2.45, 2.75) is 26.7 Å². The van der Waals surface area contributed by atoms with E-state index in [2.05, 4.69) is 20.9 Å². The molecular weight excluding hydrogens is 284 g/mol. The first kappa shape index (κ1) is 16.6. The Morgan fingerprint density at radius 1 is 1.10 bits per heavy atom. The number of halogens is 1. The molecule has 2 rings (SSSR count). The number of aryl methyl sites for hydroxylation is 1. The van der Waals surface area contributed by atoms with Crippen LogP contribution in [0.1, 0.15) is 24.0 Å². The molecule has 4 heteroatoms. The Hall–Kier alpha value is -0.770. The normalized spacial score (nSPS) is 22.3. The van der Waals surface area contributed by atoms with Crippen LogP contribution in [0, 0.1) is 13.8 Å². The van der Waals surface area contributed by atoms with E-state index >= 15 is 0 Å². The van der Waals surface area contributed by atoms with Crippen molar-refractivity contribution < 1.29 is 14.5 Å². The summed E-state index contributed by atoms with van der Waals surface area (Å²) < 4.78 is 5.91. The molecule has 1 heterocycles. The number of piperazine rings is 1. The number of hydrogen-bond donors (Lipinski definition) is 2. The Morgan fingerprint density at radius 2 is 1.81 bits per heavy atom. The maximum Gasteiger partial charge on any atom is 0.141 e. The number of hydrogen-bond acceptors (Lipinski definition) is 1. The number of rotatable bonds is 6. The maximum atomic E-state index is 6.22. The molecule has 2 N–H and O–H groups in total. The molecule has 0 bridgehead atoms. The largest absolute Gasteiger partial charge is 0.492 e. The smallest absolute Gasteiger partial charge is 0.141 e. The summed E-state index contributed by atoms with van der Waals surface area (Å²) in [6, 6.07) is 3.97. The summed E-state index contributed by atoms with van der Waals surface area (Å²) in [5, 5.41) is 0.728. The summed E-state index contributed by atoms with van der Waals surface area (Å²) >= 11 is 6.22. The zero-order chi connectivity index (χ0) is 15.2. The summed E-state index contributed by atoms with van der Waals surface area (Å²) in [5.41, 5.74) is 2.40. The van der Waals surface area contributed by atoms with Gasteiger partial charge in [0, 0.05) is 0 Å². The van der Waals surface area contributed by atoms with E-state index in [0.717, 1.165) is 29.4 Å². The summed E-state index contributed by atoms with van der Waals surface area (Å²) in [6.45, 7) is 11.5. The van der Waals surface area contributed by atoms with Gasteiger partial charge < -0.3 is 14.5 Å². The first-order valence-corrected chi connectivity index (χ1v) is 8.49. The van der Waals surface area contributed by atoms with Crippen LogP contribution in [0.2, 0.25) is 5.02 Å². The molecule has 1 aliphatic rings. The van der Waals surface area contributed by atoms with E-state index in [9.17, 15) is 0 Å². The van der Waals surface area contributed by atoms with Crippen LogP contribution < -0.4 is 14.5 Å². The Labute approximate surface area is 133 Å². The maximum absolute atomic E-state index is 6.22. The van der Waals surface area contributed by atoms with Gasteiger partial charge in [0.2, 0.25) is 0 Å². The lowest BCUT2D eigenvalue weighted by molar-refractivity contribution is -1.00.